The highest BCUT2D eigenvalue weighted by Gasteiger charge is 2.01. The Morgan fingerprint density at radius 1 is 1.35 bits per heavy atom. The molecule has 88 valence electrons. The molecule has 17 heavy (non-hydrogen) atoms. The fourth-order valence-electron chi connectivity index (χ4n) is 1.73. The highest BCUT2D eigenvalue weighted by Crippen LogP contribution is 2.16. The van der Waals surface area contributed by atoms with Crippen LogP contribution in [0.1, 0.15) is 18.4 Å². The number of nitrogens with zero attached hydrogens (tertiary/aromatic N) is 1. The van der Waals surface area contributed by atoms with Crippen LogP contribution in [-0.2, 0) is 11.2 Å². The fraction of sp³-hybridized carbons (Fsp3) is 0.231. The van der Waals surface area contributed by atoms with Gasteiger partial charge >= 0.3 is 5.97 Å². The van der Waals surface area contributed by atoms with Gasteiger partial charge in [-0.15, -0.1) is 0 Å². The van der Waals surface area contributed by atoms with Crippen LogP contribution in [0, 0.1) is 5.82 Å². The summed E-state index contributed by atoms with van der Waals surface area (Å²) in [6.45, 7) is 0. The second kappa shape index (κ2) is 4.91. The predicted octanol–water partition coefficient (Wildman–Crippen LogP) is 2.78. The minimum atomic E-state index is -0.801. The number of aromatic nitrogens is 1. The minimum absolute atomic E-state index is 0.140. The Hall–Kier alpha value is -1.97. The first-order valence-corrected chi connectivity index (χ1v) is 5.41. The molecule has 0 aliphatic heterocycles. The van der Waals surface area contributed by atoms with Gasteiger partial charge in [-0.3, -0.25) is 9.78 Å². The zero-order valence-electron chi connectivity index (χ0n) is 9.19. The van der Waals surface area contributed by atoms with E-state index in [0.717, 1.165) is 16.5 Å². The summed E-state index contributed by atoms with van der Waals surface area (Å²) in [6, 6.07) is 6.29. The molecule has 1 heterocycles. The number of rotatable bonds is 4. The van der Waals surface area contributed by atoms with Gasteiger partial charge in [0, 0.05) is 18.0 Å². The van der Waals surface area contributed by atoms with Gasteiger partial charge in [-0.1, -0.05) is 0 Å². The number of fused-ring (bicyclic) bond motifs is 1. The van der Waals surface area contributed by atoms with Gasteiger partial charge in [-0.2, -0.15) is 0 Å². The van der Waals surface area contributed by atoms with Crippen LogP contribution in [0.5, 0.6) is 0 Å². The summed E-state index contributed by atoms with van der Waals surface area (Å²) in [4.78, 5) is 14.6. The van der Waals surface area contributed by atoms with E-state index in [2.05, 4.69) is 4.98 Å². The number of carboxylic acids is 1. The van der Waals surface area contributed by atoms with E-state index in [1.165, 1.54) is 12.1 Å². The van der Waals surface area contributed by atoms with Crippen molar-refractivity contribution in [2.45, 2.75) is 19.3 Å². The van der Waals surface area contributed by atoms with Crippen LogP contribution >= 0.6 is 0 Å². The van der Waals surface area contributed by atoms with Gasteiger partial charge in [0.2, 0.25) is 0 Å². The summed E-state index contributed by atoms with van der Waals surface area (Å²) in [5.41, 5.74) is 1.68. The van der Waals surface area contributed by atoms with E-state index >= 15 is 0 Å². The number of halogens is 1. The van der Waals surface area contributed by atoms with E-state index in [1.54, 1.807) is 12.3 Å². The molecule has 4 heteroatoms. The predicted molar refractivity (Wildman–Crippen MR) is 62.3 cm³/mol. The smallest absolute Gasteiger partial charge is 0.303 e. The molecule has 0 amide bonds. The van der Waals surface area contributed by atoms with Gasteiger partial charge in [0.15, 0.2) is 0 Å². The third kappa shape index (κ3) is 3.00. The molecule has 1 aromatic heterocycles. The largest absolute Gasteiger partial charge is 0.481 e. The van der Waals surface area contributed by atoms with Gasteiger partial charge in [0.25, 0.3) is 0 Å². The van der Waals surface area contributed by atoms with Crippen LogP contribution in [-0.4, -0.2) is 16.1 Å². The molecule has 2 rings (SSSR count). The Labute approximate surface area is 97.9 Å². The number of carbonyl (C=O) groups is 1. The van der Waals surface area contributed by atoms with Crippen LogP contribution < -0.4 is 0 Å². The molecule has 0 spiro atoms. The standard InChI is InChI=1S/C13H12FNO2/c14-11-4-5-12-10(7-11)6-9(8-15-12)2-1-3-13(16)17/h4-8H,1-3H2,(H,16,17). The zero-order chi connectivity index (χ0) is 12.3. The number of hydrogen-bond donors (Lipinski definition) is 1. The van der Waals surface area contributed by atoms with Crippen LogP contribution in [0.2, 0.25) is 0 Å². The van der Waals surface area contributed by atoms with Gasteiger partial charge in [0.05, 0.1) is 5.52 Å². The average Bonchev–Trinajstić information content (AvgIpc) is 2.28. The van der Waals surface area contributed by atoms with Crippen molar-refractivity contribution in [3.8, 4) is 0 Å². The number of benzene rings is 1. The summed E-state index contributed by atoms with van der Waals surface area (Å²) < 4.78 is 13.0. The van der Waals surface area contributed by atoms with Crippen LogP contribution in [0.3, 0.4) is 0 Å². The number of carboxylic acid groups (broad SMARTS) is 1. The maximum Gasteiger partial charge on any atom is 0.303 e. The molecule has 0 radical (unpaired) electrons. The molecule has 0 saturated heterocycles. The van der Waals surface area contributed by atoms with Crippen molar-refractivity contribution in [3.05, 3.63) is 41.8 Å². The number of pyridine rings is 1. The number of aliphatic carboxylic acids is 1. The van der Waals surface area contributed by atoms with Gasteiger partial charge in [-0.25, -0.2) is 4.39 Å². The molecular weight excluding hydrogens is 221 g/mol. The molecule has 0 aliphatic carbocycles. The first-order valence-electron chi connectivity index (χ1n) is 5.41. The molecule has 1 aromatic carbocycles. The van der Waals surface area contributed by atoms with Gasteiger partial charge in [0.1, 0.15) is 5.82 Å². The summed E-state index contributed by atoms with van der Waals surface area (Å²) in [5.74, 6) is -1.09. The maximum atomic E-state index is 13.0. The Kier molecular flexibility index (Phi) is 3.32. The quantitative estimate of drug-likeness (QED) is 0.883. The lowest BCUT2D eigenvalue weighted by Gasteiger charge is -2.02. The van der Waals surface area contributed by atoms with Crippen molar-refractivity contribution in [3.63, 3.8) is 0 Å². The van der Waals surface area contributed by atoms with E-state index in [-0.39, 0.29) is 12.2 Å². The highest BCUT2D eigenvalue weighted by atomic mass is 19.1. The van der Waals surface area contributed by atoms with E-state index in [4.69, 9.17) is 5.11 Å². The summed E-state index contributed by atoms with van der Waals surface area (Å²) in [7, 11) is 0. The summed E-state index contributed by atoms with van der Waals surface area (Å²) in [5, 5.41) is 9.28. The molecule has 0 unspecified atom stereocenters. The minimum Gasteiger partial charge on any atom is -0.481 e. The lowest BCUT2D eigenvalue weighted by Crippen LogP contribution is -1.96. The van der Waals surface area contributed by atoms with Crippen LogP contribution in [0.25, 0.3) is 10.9 Å². The van der Waals surface area contributed by atoms with Crippen LogP contribution in [0.15, 0.2) is 30.5 Å². The maximum absolute atomic E-state index is 13.0. The van der Waals surface area contributed by atoms with E-state index in [1.807, 2.05) is 6.07 Å². The molecule has 0 atom stereocenters. The molecule has 2 aromatic rings. The summed E-state index contributed by atoms with van der Waals surface area (Å²) in [6.07, 6.45) is 3.06. The Morgan fingerprint density at radius 2 is 2.18 bits per heavy atom. The number of aryl methyl sites for hydroxylation is 1. The molecule has 0 bridgehead atoms. The fourth-order valence-corrected chi connectivity index (χ4v) is 1.73. The van der Waals surface area contributed by atoms with E-state index in [0.29, 0.717) is 12.8 Å². The normalized spacial score (nSPS) is 10.6. The van der Waals surface area contributed by atoms with Crippen molar-refractivity contribution in [2.24, 2.45) is 0 Å². The van der Waals surface area contributed by atoms with Crippen molar-refractivity contribution in [2.75, 3.05) is 0 Å². The molecule has 1 N–H and O–H groups in total. The van der Waals surface area contributed by atoms with Gasteiger partial charge in [-0.05, 0) is 42.7 Å². The Bertz CT molecular complexity index is 554. The highest BCUT2D eigenvalue weighted by molar-refractivity contribution is 5.78. The third-order valence-corrected chi connectivity index (χ3v) is 2.56. The molecule has 3 nitrogen and oxygen atoms in total. The Balaban J connectivity index is 2.16. The third-order valence-electron chi connectivity index (χ3n) is 2.56. The monoisotopic (exact) mass is 233 g/mol. The van der Waals surface area contributed by atoms with Crippen molar-refractivity contribution < 1.29 is 14.3 Å². The molecule has 0 fully saturated rings. The Morgan fingerprint density at radius 3 is 2.94 bits per heavy atom. The average molecular weight is 233 g/mol. The molecule has 0 aliphatic rings. The van der Waals surface area contributed by atoms with E-state index < -0.39 is 5.97 Å². The van der Waals surface area contributed by atoms with Crippen LogP contribution in [0.4, 0.5) is 4.39 Å². The first kappa shape index (κ1) is 11.5. The first-order chi connectivity index (χ1) is 8.15. The van der Waals surface area contributed by atoms with Crippen molar-refractivity contribution in [1.29, 1.82) is 0 Å². The lowest BCUT2D eigenvalue weighted by atomic mass is 10.1. The topological polar surface area (TPSA) is 50.2 Å². The number of hydrogen-bond acceptors (Lipinski definition) is 2. The second-order valence-electron chi connectivity index (χ2n) is 3.93. The zero-order valence-corrected chi connectivity index (χ0v) is 9.19. The second-order valence-corrected chi connectivity index (χ2v) is 3.93. The summed E-state index contributed by atoms with van der Waals surface area (Å²) >= 11 is 0. The van der Waals surface area contributed by atoms with Crippen molar-refractivity contribution >= 4 is 16.9 Å². The SMILES string of the molecule is O=C(O)CCCc1cnc2ccc(F)cc2c1. The molecule has 0 saturated carbocycles. The lowest BCUT2D eigenvalue weighted by molar-refractivity contribution is -0.137. The van der Waals surface area contributed by atoms with Gasteiger partial charge < -0.3 is 5.11 Å². The van der Waals surface area contributed by atoms with E-state index in [9.17, 15) is 9.18 Å². The van der Waals surface area contributed by atoms with Crippen molar-refractivity contribution in [1.82, 2.24) is 4.98 Å². The molecular formula is C13H12FNO2.